The molecule has 0 spiro atoms. The van der Waals surface area contributed by atoms with Gasteiger partial charge in [-0.15, -0.1) is 0 Å². The molecule has 2 aromatic rings. The molecule has 8 nitrogen and oxygen atoms in total. The third-order valence-electron chi connectivity index (χ3n) is 5.40. The van der Waals surface area contributed by atoms with Crippen molar-refractivity contribution < 1.29 is 19.1 Å². The Bertz CT molecular complexity index is 1100. The van der Waals surface area contributed by atoms with Gasteiger partial charge < -0.3 is 30.3 Å². The van der Waals surface area contributed by atoms with E-state index >= 15 is 0 Å². The van der Waals surface area contributed by atoms with E-state index in [1.807, 2.05) is 51.7 Å². The predicted molar refractivity (Wildman–Crippen MR) is 141 cm³/mol. The molecule has 0 saturated heterocycles. The molecule has 2 aromatic carbocycles. The minimum Gasteiger partial charge on any atom is -0.494 e. The number of nitrogens with zero attached hydrogens (tertiary/aromatic N) is 1. The molecule has 35 heavy (non-hydrogen) atoms. The summed E-state index contributed by atoms with van der Waals surface area (Å²) in [6.07, 6.45) is -0.243. The molecule has 0 saturated carbocycles. The van der Waals surface area contributed by atoms with Crippen LogP contribution in [0, 0.1) is 0 Å². The standard InChI is InChI=1S/C26H32N4O4S/c1-6-30-17(5)22(24(31)34-16(3)4)23(29-26(30)35)18-8-10-19(11-9-18)27-25(32)28-20-12-14-21(15-13-20)33-7-2/h8-16,23H,6-7H2,1-5H3,(H,29,35)(H2,27,28,32)/t23-/m0/s1. The van der Waals surface area contributed by atoms with E-state index < -0.39 is 6.04 Å². The molecule has 9 heteroatoms. The number of nitrogens with one attached hydrogen (secondary N) is 3. The van der Waals surface area contributed by atoms with Crippen LogP contribution in [0.15, 0.2) is 59.8 Å². The van der Waals surface area contributed by atoms with E-state index in [1.54, 1.807) is 36.4 Å². The summed E-state index contributed by atoms with van der Waals surface area (Å²) in [7, 11) is 0. The van der Waals surface area contributed by atoms with E-state index in [1.165, 1.54) is 0 Å². The average molecular weight is 497 g/mol. The van der Waals surface area contributed by atoms with Crippen molar-refractivity contribution in [3.8, 4) is 5.75 Å². The summed E-state index contributed by atoms with van der Waals surface area (Å²) in [6, 6.07) is 13.6. The van der Waals surface area contributed by atoms with E-state index in [9.17, 15) is 9.59 Å². The Balaban J connectivity index is 1.74. The van der Waals surface area contributed by atoms with Gasteiger partial charge in [0.05, 0.1) is 24.3 Å². The highest BCUT2D eigenvalue weighted by atomic mass is 32.1. The zero-order chi connectivity index (χ0) is 25.5. The van der Waals surface area contributed by atoms with Gasteiger partial charge in [0.25, 0.3) is 0 Å². The summed E-state index contributed by atoms with van der Waals surface area (Å²) in [6.45, 7) is 10.6. The Labute approximate surface area is 211 Å². The Morgan fingerprint density at radius 2 is 1.60 bits per heavy atom. The van der Waals surface area contributed by atoms with Crippen molar-refractivity contribution in [2.24, 2.45) is 0 Å². The van der Waals surface area contributed by atoms with Gasteiger partial charge >= 0.3 is 12.0 Å². The summed E-state index contributed by atoms with van der Waals surface area (Å²) in [5, 5.41) is 9.42. The lowest BCUT2D eigenvalue weighted by Gasteiger charge is -2.37. The van der Waals surface area contributed by atoms with Gasteiger partial charge in [0.15, 0.2) is 5.11 Å². The summed E-state index contributed by atoms with van der Waals surface area (Å²) in [4.78, 5) is 27.3. The number of hydrogen-bond acceptors (Lipinski definition) is 5. The molecule has 3 N–H and O–H groups in total. The van der Waals surface area contributed by atoms with Crippen molar-refractivity contribution in [2.45, 2.75) is 46.8 Å². The van der Waals surface area contributed by atoms with Gasteiger partial charge in [-0.05, 0) is 88.8 Å². The lowest BCUT2D eigenvalue weighted by Crippen LogP contribution is -2.47. The Morgan fingerprint density at radius 1 is 1.03 bits per heavy atom. The molecule has 1 heterocycles. The van der Waals surface area contributed by atoms with Crippen molar-refractivity contribution in [1.29, 1.82) is 0 Å². The molecule has 0 unspecified atom stereocenters. The number of benzene rings is 2. The van der Waals surface area contributed by atoms with Crippen LogP contribution >= 0.6 is 12.2 Å². The SMILES string of the molecule is CCOc1ccc(NC(=O)Nc2ccc([C@@H]3NC(=S)N(CC)C(C)=C3C(=O)OC(C)C)cc2)cc1. The quantitative estimate of drug-likeness (QED) is 0.341. The minimum atomic E-state index is -0.455. The molecule has 2 amide bonds. The number of allylic oxidation sites excluding steroid dienone is 1. The predicted octanol–water partition coefficient (Wildman–Crippen LogP) is 5.21. The van der Waals surface area contributed by atoms with Crippen molar-refractivity contribution in [3.63, 3.8) is 0 Å². The number of rotatable bonds is 8. The smallest absolute Gasteiger partial charge is 0.338 e. The van der Waals surface area contributed by atoms with Crippen LogP contribution in [0.1, 0.15) is 46.2 Å². The molecule has 186 valence electrons. The number of hydrogen-bond donors (Lipinski definition) is 3. The summed E-state index contributed by atoms with van der Waals surface area (Å²) in [5.41, 5.74) is 3.37. The first-order valence-electron chi connectivity index (χ1n) is 11.6. The number of anilines is 2. The second-order valence-corrected chi connectivity index (χ2v) is 8.63. The number of esters is 1. The molecule has 0 bridgehead atoms. The third-order valence-corrected chi connectivity index (χ3v) is 5.74. The average Bonchev–Trinajstić information content (AvgIpc) is 2.80. The fraction of sp³-hybridized carbons (Fsp3) is 0.346. The van der Waals surface area contributed by atoms with E-state index in [-0.39, 0.29) is 18.1 Å². The van der Waals surface area contributed by atoms with Crippen molar-refractivity contribution in [2.75, 3.05) is 23.8 Å². The molecular weight excluding hydrogens is 464 g/mol. The number of carbonyl (C=O) groups excluding carboxylic acids is 2. The Hall–Kier alpha value is -3.59. The second kappa shape index (κ2) is 11.7. The second-order valence-electron chi connectivity index (χ2n) is 8.24. The van der Waals surface area contributed by atoms with Crippen LogP contribution in [0.5, 0.6) is 5.75 Å². The van der Waals surface area contributed by atoms with Crippen molar-refractivity contribution in [1.82, 2.24) is 10.2 Å². The Morgan fingerprint density at radius 3 is 2.11 bits per heavy atom. The normalized spacial score (nSPS) is 15.5. The summed E-state index contributed by atoms with van der Waals surface area (Å²) >= 11 is 5.53. The third kappa shape index (κ3) is 6.51. The van der Waals surface area contributed by atoms with E-state index in [4.69, 9.17) is 21.7 Å². The van der Waals surface area contributed by atoms with Gasteiger partial charge in [-0.25, -0.2) is 9.59 Å². The molecular formula is C26H32N4O4S. The van der Waals surface area contributed by atoms with Gasteiger partial charge in [-0.2, -0.15) is 0 Å². The maximum atomic E-state index is 13.0. The minimum absolute atomic E-state index is 0.243. The molecule has 3 rings (SSSR count). The fourth-order valence-electron chi connectivity index (χ4n) is 3.81. The highest BCUT2D eigenvalue weighted by Gasteiger charge is 2.34. The van der Waals surface area contributed by atoms with Crippen LogP contribution in [0.3, 0.4) is 0 Å². The molecule has 1 aliphatic heterocycles. The largest absolute Gasteiger partial charge is 0.494 e. The Kier molecular flexibility index (Phi) is 8.70. The number of carbonyl (C=O) groups is 2. The van der Waals surface area contributed by atoms with Crippen LogP contribution in [-0.2, 0) is 9.53 Å². The summed E-state index contributed by atoms with van der Waals surface area (Å²) < 4.78 is 10.9. The number of amides is 2. The van der Waals surface area contributed by atoms with Gasteiger partial charge in [-0.3, -0.25) is 0 Å². The zero-order valence-corrected chi connectivity index (χ0v) is 21.5. The zero-order valence-electron chi connectivity index (χ0n) is 20.7. The fourth-order valence-corrected chi connectivity index (χ4v) is 4.19. The van der Waals surface area contributed by atoms with E-state index in [0.29, 0.717) is 35.2 Å². The van der Waals surface area contributed by atoms with Crippen molar-refractivity contribution >= 4 is 40.7 Å². The number of ether oxygens (including phenoxy) is 2. The molecule has 0 aromatic heterocycles. The highest BCUT2D eigenvalue weighted by molar-refractivity contribution is 7.80. The van der Waals surface area contributed by atoms with Gasteiger partial charge in [-0.1, -0.05) is 12.1 Å². The van der Waals surface area contributed by atoms with Gasteiger partial charge in [0, 0.05) is 23.6 Å². The first-order chi connectivity index (χ1) is 16.7. The van der Waals surface area contributed by atoms with Crippen LogP contribution in [0.2, 0.25) is 0 Å². The number of urea groups is 1. The van der Waals surface area contributed by atoms with E-state index in [2.05, 4.69) is 16.0 Å². The van der Waals surface area contributed by atoms with Crippen LogP contribution in [0.25, 0.3) is 0 Å². The summed E-state index contributed by atoms with van der Waals surface area (Å²) in [5.74, 6) is 0.362. The monoisotopic (exact) mass is 496 g/mol. The van der Waals surface area contributed by atoms with Gasteiger partial charge in [0.1, 0.15) is 5.75 Å². The maximum absolute atomic E-state index is 13.0. The van der Waals surface area contributed by atoms with E-state index in [0.717, 1.165) is 17.0 Å². The molecule has 1 atom stereocenters. The van der Waals surface area contributed by atoms with Crippen LogP contribution in [-0.4, -0.2) is 41.3 Å². The highest BCUT2D eigenvalue weighted by Crippen LogP contribution is 2.32. The molecule has 1 aliphatic rings. The van der Waals surface area contributed by atoms with Gasteiger partial charge in [0.2, 0.25) is 0 Å². The van der Waals surface area contributed by atoms with Crippen LogP contribution < -0.4 is 20.7 Å². The maximum Gasteiger partial charge on any atom is 0.338 e. The van der Waals surface area contributed by atoms with Crippen LogP contribution in [0.4, 0.5) is 16.2 Å². The first-order valence-corrected chi connectivity index (χ1v) is 12.0. The first kappa shape index (κ1) is 26.0. The molecule has 0 fully saturated rings. The lowest BCUT2D eigenvalue weighted by molar-refractivity contribution is -0.143. The topological polar surface area (TPSA) is 91.9 Å². The lowest BCUT2D eigenvalue weighted by atomic mass is 9.94. The molecule has 0 radical (unpaired) electrons. The number of thiocarbonyl (C=S) groups is 1. The molecule has 0 aliphatic carbocycles. The van der Waals surface area contributed by atoms with Crippen molar-refractivity contribution in [3.05, 3.63) is 65.4 Å².